The number of hydrogen-bond donors (Lipinski definition) is 0. The Bertz CT molecular complexity index is 3320. The molecule has 0 N–H and O–H groups in total. The molecule has 1 aromatic heterocycles. The van der Waals surface area contributed by atoms with E-state index in [2.05, 4.69) is 149 Å². The minimum absolute atomic E-state index is 0.157. The van der Waals surface area contributed by atoms with Crippen LogP contribution >= 0.6 is 0 Å². The Morgan fingerprint density at radius 2 is 1.10 bits per heavy atom. The van der Waals surface area contributed by atoms with E-state index < -0.39 is 19.1 Å². The molecular formula is C58H48N2. The largest absolute Gasteiger partial charge is 0.310 e. The second kappa shape index (κ2) is 13.4. The Labute approximate surface area is 361 Å². The zero-order chi connectivity index (χ0) is 45.0. The molecule has 2 nitrogen and oxygen atoms in total. The molecule has 0 saturated heterocycles. The van der Waals surface area contributed by atoms with Crippen molar-refractivity contribution >= 4 is 38.9 Å². The number of para-hydroxylation sites is 2. The molecule has 8 aromatic carbocycles. The second-order valence-corrected chi connectivity index (χ2v) is 17.3. The quantitative estimate of drug-likeness (QED) is 0.156. The first-order chi connectivity index (χ1) is 32.0. The first-order valence-electron chi connectivity index (χ1n) is 24.4. The summed E-state index contributed by atoms with van der Waals surface area (Å²) in [6, 6.07) is 65.0. The van der Waals surface area contributed by atoms with Crippen LogP contribution in [0.4, 0.5) is 17.1 Å². The topological polar surface area (TPSA) is 8.17 Å². The van der Waals surface area contributed by atoms with Gasteiger partial charge in [-0.25, -0.2) is 0 Å². The van der Waals surface area contributed by atoms with Gasteiger partial charge in [0.1, 0.15) is 0 Å². The number of hydrogen-bond acceptors (Lipinski definition) is 1. The summed E-state index contributed by atoms with van der Waals surface area (Å²) < 4.78 is 55.5. The molecule has 2 fully saturated rings. The molecule has 0 radical (unpaired) electrons. The average Bonchev–Trinajstić information content (AvgIpc) is 4.11. The van der Waals surface area contributed by atoms with Gasteiger partial charge in [0.2, 0.25) is 0 Å². The molecule has 2 bridgehead atoms. The lowest BCUT2D eigenvalue weighted by molar-refractivity contribution is 0.420. The molecule has 0 spiro atoms. The molecule has 3 aliphatic rings. The average molecular weight is 779 g/mol. The van der Waals surface area contributed by atoms with E-state index >= 15 is 0 Å². The lowest BCUT2D eigenvalue weighted by Crippen LogP contribution is -2.21. The molecule has 1 heterocycles. The van der Waals surface area contributed by atoms with E-state index in [4.69, 9.17) is 8.22 Å². The van der Waals surface area contributed by atoms with Crippen molar-refractivity contribution in [2.24, 2.45) is 5.92 Å². The van der Waals surface area contributed by atoms with Gasteiger partial charge >= 0.3 is 0 Å². The van der Waals surface area contributed by atoms with E-state index in [0.717, 1.165) is 61.6 Å². The highest BCUT2D eigenvalue weighted by atomic mass is 15.1. The van der Waals surface area contributed by atoms with Gasteiger partial charge in [-0.2, -0.15) is 0 Å². The fraction of sp³-hybridized carbons (Fsp3) is 0.172. The Balaban J connectivity index is 1.09. The monoisotopic (exact) mass is 778 g/mol. The van der Waals surface area contributed by atoms with Gasteiger partial charge in [-0.05, 0) is 143 Å². The fourth-order valence-corrected chi connectivity index (χ4v) is 11.3. The van der Waals surface area contributed by atoms with E-state index in [1.807, 2.05) is 30.3 Å². The molecule has 12 rings (SSSR count). The van der Waals surface area contributed by atoms with Crippen molar-refractivity contribution in [2.75, 3.05) is 4.90 Å². The minimum atomic E-state index is -2.85. The van der Waals surface area contributed by atoms with E-state index in [9.17, 15) is 0 Å². The van der Waals surface area contributed by atoms with Gasteiger partial charge in [-0.3, -0.25) is 0 Å². The normalized spacial score (nSPS) is 20.4. The molecule has 2 saturated carbocycles. The SMILES string of the molecule is [2H]C([2H])([2H])C1(C([2H])([2H])[2H])c2ccccc2-c2cc(N(c3ccc4c(c3)c3ccccc3n4-c3ccc(-c4ccccc4)cc3)c3ccccc3-c3ccccc3C34CCC(CC3)C4)ccc21. The van der Waals surface area contributed by atoms with Crippen LogP contribution in [-0.4, -0.2) is 4.57 Å². The minimum Gasteiger partial charge on any atom is -0.310 e. The number of benzene rings is 8. The zero-order valence-corrected chi connectivity index (χ0v) is 33.4. The van der Waals surface area contributed by atoms with E-state index in [-0.39, 0.29) is 5.41 Å². The van der Waals surface area contributed by atoms with Crippen LogP contribution in [0.5, 0.6) is 0 Å². The zero-order valence-electron chi connectivity index (χ0n) is 39.4. The van der Waals surface area contributed by atoms with Crippen LogP contribution in [0, 0.1) is 5.92 Å². The van der Waals surface area contributed by atoms with Crippen molar-refractivity contribution < 1.29 is 8.22 Å². The van der Waals surface area contributed by atoms with Gasteiger partial charge in [0.15, 0.2) is 0 Å². The molecule has 0 amide bonds. The third-order valence-corrected chi connectivity index (χ3v) is 14.1. The summed E-state index contributed by atoms with van der Waals surface area (Å²) >= 11 is 0. The number of anilines is 3. The molecule has 3 aliphatic carbocycles. The second-order valence-electron chi connectivity index (χ2n) is 17.3. The number of rotatable bonds is 7. The van der Waals surface area contributed by atoms with Crippen molar-refractivity contribution in [1.29, 1.82) is 0 Å². The Hall–Kier alpha value is -6.64. The van der Waals surface area contributed by atoms with Gasteiger partial charge in [0.25, 0.3) is 0 Å². The molecule has 0 unspecified atom stereocenters. The van der Waals surface area contributed by atoms with Crippen LogP contribution in [0.2, 0.25) is 0 Å². The van der Waals surface area contributed by atoms with Crippen molar-refractivity contribution in [3.05, 3.63) is 205 Å². The lowest BCUT2D eigenvalue weighted by Gasteiger charge is -2.32. The molecule has 290 valence electrons. The van der Waals surface area contributed by atoms with Gasteiger partial charge < -0.3 is 9.47 Å². The molecule has 2 heteroatoms. The van der Waals surface area contributed by atoms with Crippen LogP contribution in [0.15, 0.2) is 188 Å². The van der Waals surface area contributed by atoms with E-state index in [1.54, 1.807) is 18.2 Å². The number of fused-ring (bicyclic) bond motifs is 8. The Morgan fingerprint density at radius 1 is 0.500 bits per heavy atom. The van der Waals surface area contributed by atoms with Crippen LogP contribution < -0.4 is 4.90 Å². The van der Waals surface area contributed by atoms with Gasteiger partial charge in [0.05, 0.1) is 16.7 Å². The van der Waals surface area contributed by atoms with Crippen LogP contribution in [0.1, 0.15) is 70.7 Å². The van der Waals surface area contributed by atoms with Crippen molar-refractivity contribution in [1.82, 2.24) is 4.57 Å². The summed E-state index contributed by atoms with van der Waals surface area (Å²) in [5.74, 6) is 0.784. The standard InChI is InChI=1S/C58H48N2/c1-57(2)51-20-10-6-17-46(51)49-36-43(28-30-52(49)57)59(54-22-12-8-18-47(54)45-16-7-11-21-53(45)58-34-32-39(38-58)33-35-58)44-29-31-56-50(37-44)48-19-9-13-23-55(48)60(56)42-26-24-41(25-27-42)40-14-4-3-5-15-40/h3-31,36-37,39H,32-35,38H2,1-2H3/i1D3,2D3. The first kappa shape index (κ1) is 29.6. The number of aromatic nitrogens is 1. The van der Waals surface area contributed by atoms with Crippen molar-refractivity contribution in [3.8, 4) is 39.1 Å². The summed E-state index contributed by atoms with van der Waals surface area (Å²) in [6.45, 7) is -5.70. The van der Waals surface area contributed by atoms with Gasteiger partial charge in [-0.15, -0.1) is 0 Å². The summed E-state index contributed by atoms with van der Waals surface area (Å²) in [5, 5.41) is 2.22. The van der Waals surface area contributed by atoms with Crippen LogP contribution in [0.3, 0.4) is 0 Å². The fourth-order valence-electron chi connectivity index (χ4n) is 11.3. The molecular weight excluding hydrogens is 725 g/mol. The third kappa shape index (κ3) is 5.33. The van der Waals surface area contributed by atoms with Gasteiger partial charge in [-0.1, -0.05) is 147 Å². The summed E-state index contributed by atoms with van der Waals surface area (Å²) in [7, 11) is 0. The van der Waals surface area contributed by atoms with Gasteiger partial charge in [0, 0.05) is 47.0 Å². The predicted molar refractivity (Wildman–Crippen MR) is 252 cm³/mol. The molecule has 0 aliphatic heterocycles. The lowest BCUT2D eigenvalue weighted by atomic mass is 9.74. The highest BCUT2D eigenvalue weighted by Gasteiger charge is 2.47. The maximum Gasteiger partial charge on any atom is 0.0542 e. The maximum atomic E-state index is 8.87. The van der Waals surface area contributed by atoms with E-state index in [1.165, 1.54) is 48.8 Å². The van der Waals surface area contributed by atoms with Crippen LogP contribution in [-0.2, 0) is 10.8 Å². The van der Waals surface area contributed by atoms with E-state index in [0.29, 0.717) is 22.3 Å². The molecule has 0 atom stereocenters. The third-order valence-electron chi connectivity index (χ3n) is 14.1. The maximum absolute atomic E-state index is 8.87. The predicted octanol–water partition coefficient (Wildman–Crippen LogP) is 15.7. The number of nitrogens with zero attached hydrogens (tertiary/aromatic N) is 2. The molecule has 60 heavy (non-hydrogen) atoms. The summed E-state index contributed by atoms with van der Waals surface area (Å²) in [6.07, 6.45) is 6.18. The first-order valence-corrected chi connectivity index (χ1v) is 21.4. The Morgan fingerprint density at radius 3 is 1.87 bits per heavy atom. The highest BCUT2D eigenvalue weighted by Crippen LogP contribution is 2.58. The summed E-state index contributed by atoms with van der Waals surface area (Å²) in [4.78, 5) is 2.30. The molecule has 9 aromatic rings. The smallest absolute Gasteiger partial charge is 0.0542 e. The van der Waals surface area contributed by atoms with Crippen molar-refractivity contribution in [2.45, 2.75) is 56.6 Å². The van der Waals surface area contributed by atoms with Crippen LogP contribution in [0.25, 0.3) is 60.9 Å². The highest BCUT2D eigenvalue weighted by molar-refractivity contribution is 6.11. The Kier molecular flexibility index (Phi) is 6.62. The van der Waals surface area contributed by atoms with Crippen molar-refractivity contribution in [3.63, 3.8) is 0 Å². The summed E-state index contributed by atoms with van der Waals surface area (Å²) in [5.41, 5.74) is 11.9.